The van der Waals surface area contributed by atoms with Gasteiger partial charge in [-0.1, -0.05) is 6.92 Å². The molecule has 0 aromatic carbocycles. The maximum atomic E-state index is 13.2. The highest BCUT2D eigenvalue weighted by molar-refractivity contribution is 8.01. The van der Waals surface area contributed by atoms with Gasteiger partial charge in [-0.2, -0.15) is 4.31 Å². The number of carboxylic acids is 1. The van der Waals surface area contributed by atoms with Gasteiger partial charge in [0.15, 0.2) is 0 Å². The van der Waals surface area contributed by atoms with E-state index in [1.165, 1.54) is 11.8 Å². The number of rotatable bonds is 4. The van der Waals surface area contributed by atoms with Gasteiger partial charge in [-0.25, -0.2) is 12.8 Å². The lowest BCUT2D eigenvalue weighted by Crippen LogP contribution is -2.45. The van der Waals surface area contributed by atoms with Crippen LogP contribution < -0.4 is 0 Å². The van der Waals surface area contributed by atoms with E-state index in [-0.39, 0.29) is 10.6 Å². The van der Waals surface area contributed by atoms with Crippen molar-refractivity contribution in [3.8, 4) is 0 Å². The lowest BCUT2D eigenvalue weighted by atomic mass is 10.3. The number of sulfonamides is 1. The van der Waals surface area contributed by atoms with Crippen LogP contribution in [-0.2, 0) is 14.8 Å². The Kier molecular flexibility index (Phi) is 4.31. The van der Waals surface area contributed by atoms with Crippen molar-refractivity contribution in [2.75, 3.05) is 5.75 Å². The van der Waals surface area contributed by atoms with Crippen molar-refractivity contribution in [2.24, 2.45) is 0 Å². The van der Waals surface area contributed by atoms with Gasteiger partial charge in [0.05, 0.1) is 11.6 Å². The fourth-order valence-corrected chi connectivity index (χ4v) is 5.52. The third-order valence-corrected chi connectivity index (χ3v) is 6.40. The zero-order valence-electron chi connectivity index (χ0n) is 10.6. The number of thioether (sulfide) groups is 1. The SMILES string of the molecule is CCC1SCC(C(=O)O)N1S(=O)(=O)c1cncc(F)c1. The topological polar surface area (TPSA) is 87.6 Å². The summed E-state index contributed by atoms with van der Waals surface area (Å²) in [5.41, 5.74) is 0. The molecule has 0 radical (unpaired) electrons. The first-order chi connectivity index (χ1) is 9.37. The van der Waals surface area contributed by atoms with E-state index in [9.17, 15) is 17.6 Å². The molecular formula is C11H13FN2O4S2. The van der Waals surface area contributed by atoms with E-state index in [4.69, 9.17) is 5.11 Å². The Bertz CT molecular complexity index is 623. The number of halogens is 1. The van der Waals surface area contributed by atoms with E-state index in [0.29, 0.717) is 6.42 Å². The van der Waals surface area contributed by atoms with E-state index in [1.54, 1.807) is 6.92 Å². The number of hydrogen-bond donors (Lipinski definition) is 1. The lowest BCUT2D eigenvalue weighted by Gasteiger charge is -2.25. The van der Waals surface area contributed by atoms with Gasteiger partial charge in [0, 0.05) is 11.9 Å². The van der Waals surface area contributed by atoms with Crippen LogP contribution in [0.15, 0.2) is 23.4 Å². The number of hydrogen-bond acceptors (Lipinski definition) is 5. The van der Waals surface area contributed by atoms with Crippen molar-refractivity contribution in [2.45, 2.75) is 29.7 Å². The van der Waals surface area contributed by atoms with Gasteiger partial charge < -0.3 is 5.11 Å². The second-order valence-corrected chi connectivity index (χ2v) is 7.28. The van der Waals surface area contributed by atoms with Crippen LogP contribution in [0.3, 0.4) is 0 Å². The number of aromatic nitrogens is 1. The number of carboxylic acid groups (broad SMARTS) is 1. The number of aliphatic carboxylic acids is 1. The van der Waals surface area contributed by atoms with Gasteiger partial charge >= 0.3 is 5.97 Å². The molecule has 2 rings (SSSR count). The van der Waals surface area contributed by atoms with Crippen LogP contribution in [0.25, 0.3) is 0 Å². The molecule has 0 aliphatic carbocycles. The van der Waals surface area contributed by atoms with Gasteiger partial charge in [-0.15, -0.1) is 11.8 Å². The lowest BCUT2D eigenvalue weighted by molar-refractivity contribution is -0.140. The molecule has 2 unspecified atom stereocenters. The predicted molar refractivity (Wildman–Crippen MR) is 71.2 cm³/mol. The van der Waals surface area contributed by atoms with E-state index >= 15 is 0 Å². The van der Waals surface area contributed by atoms with Crippen LogP contribution in [-0.4, -0.2) is 46.0 Å². The summed E-state index contributed by atoms with van der Waals surface area (Å²) in [5, 5.41) is 8.68. The van der Waals surface area contributed by atoms with Crippen molar-refractivity contribution in [3.05, 3.63) is 24.3 Å². The van der Waals surface area contributed by atoms with Crippen LogP contribution in [0.2, 0.25) is 0 Å². The number of carbonyl (C=O) groups is 1. The Morgan fingerprint density at radius 2 is 2.30 bits per heavy atom. The zero-order chi connectivity index (χ0) is 14.9. The molecule has 6 nitrogen and oxygen atoms in total. The minimum Gasteiger partial charge on any atom is -0.480 e. The standard InChI is InChI=1S/C11H13FN2O4S2/c1-2-10-14(9(6-19-10)11(15)16)20(17,18)8-3-7(12)4-13-5-8/h3-5,9-10H,2,6H2,1H3,(H,15,16). The minimum atomic E-state index is -4.09. The maximum Gasteiger partial charge on any atom is 0.322 e. The first-order valence-corrected chi connectivity index (χ1v) is 8.35. The van der Waals surface area contributed by atoms with Crippen LogP contribution in [0.5, 0.6) is 0 Å². The van der Waals surface area contributed by atoms with E-state index in [0.717, 1.165) is 22.8 Å². The number of pyridine rings is 1. The van der Waals surface area contributed by atoms with Crippen LogP contribution in [0.4, 0.5) is 4.39 Å². The largest absolute Gasteiger partial charge is 0.480 e. The summed E-state index contributed by atoms with van der Waals surface area (Å²) < 4.78 is 39.1. The summed E-state index contributed by atoms with van der Waals surface area (Å²) in [7, 11) is -4.09. The van der Waals surface area contributed by atoms with Gasteiger partial charge in [0.1, 0.15) is 16.8 Å². The molecule has 1 aromatic heterocycles. The van der Waals surface area contributed by atoms with Gasteiger partial charge in [-0.3, -0.25) is 9.78 Å². The normalized spacial score (nSPS) is 23.9. The third-order valence-electron chi connectivity index (χ3n) is 2.93. The Labute approximate surface area is 120 Å². The molecule has 2 heterocycles. The fraction of sp³-hybridized carbons (Fsp3) is 0.455. The molecule has 0 bridgehead atoms. The van der Waals surface area contributed by atoms with Gasteiger partial charge in [0.25, 0.3) is 0 Å². The summed E-state index contributed by atoms with van der Waals surface area (Å²) in [6, 6.07) is -0.296. The second kappa shape index (κ2) is 5.66. The highest BCUT2D eigenvalue weighted by Crippen LogP contribution is 2.36. The maximum absolute atomic E-state index is 13.2. The van der Waals surface area contributed by atoms with Gasteiger partial charge in [0.2, 0.25) is 10.0 Å². The Morgan fingerprint density at radius 3 is 2.85 bits per heavy atom. The molecule has 0 spiro atoms. The van der Waals surface area contributed by atoms with Crippen LogP contribution in [0.1, 0.15) is 13.3 Å². The molecule has 1 N–H and O–H groups in total. The molecule has 1 aliphatic rings. The highest BCUT2D eigenvalue weighted by atomic mass is 32.2. The number of nitrogens with zero attached hydrogens (tertiary/aromatic N) is 2. The zero-order valence-corrected chi connectivity index (χ0v) is 12.2. The summed E-state index contributed by atoms with van der Waals surface area (Å²) in [4.78, 5) is 14.4. The van der Waals surface area contributed by atoms with Crippen molar-refractivity contribution in [3.63, 3.8) is 0 Å². The summed E-state index contributed by atoms with van der Waals surface area (Å²) in [6.45, 7) is 1.77. The van der Waals surface area contributed by atoms with Gasteiger partial charge in [-0.05, 0) is 12.5 Å². The van der Waals surface area contributed by atoms with E-state index in [2.05, 4.69) is 4.98 Å². The smallest absolute Gasteiger partial charge is 0.322 e. The summed E-state index contributed by atoms with van der Waals surface area (Å²) >= 11 is 1.26. The van der Waals surface area contributed by atoms with Crippen molar-refractivity contribution in [1.29, 1.82) is 0 Å². The minimum absolute atomic E-state index is 0.176. The first kappa shape index (κ1) is 15.2. The average molecular weight is 320 g/mol. The molecule has 0 amide bonds. The summed E-state index contributed by atoms with van der Waals surface area (Å²) in [6.07, 6.45) is 2.38. The van der Waals surface area contributed by atoms with Crippen LogP contribution >= 0.6 is 11.8 Å². The predicted octanol–water partition coefficient (Wildman–Crippen LogP) is 1.15. The third kappa shape index (κ3) is 2.65. The quantitative estimate of drug-likeness (QED) is 0.895. The molecule has 0 saturated carbocycles. The molecular weight excluding hydrogens is 307 g/mol. The monoisotopic (exact) mass is 320 g/mol. The van der Waals surface area contributed by atoms with E-state index in [1.807, 2.05) is 0 Å². The molecule has 20 heavy (non-hydrogen) atoms. The molecule has 1 aliphatic heterocycles. The average Bonchev–Trinajstić information content (AvgIpc) is 2.83. The highest BCUT2D eigenvalue weighted by Gasteiger charge is 2.45. The fourth-order valence-electron chi connectivity index (χ4n) is 2.01. The second-order valence-electron chi connectivity index (χ2n) is 4.22. The molecule has 110 valence electrons. The van der Waals surface area contributed by atoms with Crippen LogP contribution in [0, 0.1) is 5.82 Å². The molecule has 2 atom stereocenters. The Morgan fingerprint density at radius 1 is 1.60 bits per heavy atom. The molecule has 9 heteroatoms. The van der Waals surface area contributed by atoms with Crippen molar-refractivity contribution in [1.82, 2.24) is 9.29 Å². The Balaban J connectivity index is 2.47. The van der Waals surface area contributed by atoms with Crippen molar-refractivity contribution < 1.29 is 22.7 Å². The first-order valence-electron chi connectivity index (χ1n) is 5.86. The summed E-state index contributed by atoms with van der Waals surface area (Å²) in [5.74, 6) is -1.81. The molecule has 1 fully saturated rings. The Hall–Kier alpha value is -1.19. The molecule has 1 aromatic rings. The van der Waals surface area contributed by atoms with E-state index < -0.39 is 33.2 Å². The van der Waals surface area contributed by atoms with Crippen molar-refractivity contribution >= 4 is 27.8 Å². The molecule has 1 saturated heterocycles.